The molecule has 0 unspecified atom stereocenters. The van der Waals surface area contributed by atoms with E-state index in [4.69, 9.17) is 0 Å². The van der Waals surface area contributed by atoms with Crippen LogP contribution in [-0.2, 0) is 5.41 Å². The Morgan fingerprint density at radius 3 is 2.05 bits per heavy atom. The zero-order valence-electron chi connectivity index (χ0n) is 33.7. The van der Waals surface area contributed by atoms with Crippen LogP contribution in [0.4, 0.5) is 17.1 Å². The lowest BCUT2D eigenvalue weighted by atomic mass is 9.43. The van der Waals surface area contributed by atoms with Crippen molar-refractivity contribution in [1.82, 2.24) is 4.57 Å². The highest BCUT2D eigenvalue weighted by Crippen LogP contribution is 2.69. The van der Waals surface area contributed by atoms with E-state index in [1.165, 1.54) is 70.5 Å². The number of nitrogens with zero attached hydrogens (tertiary/aromatic N) is 2. The third-order valence-electron chi connectivity index (χ3n) is 14.8. The Hall–Kier alpha value is -6.38. The highest BCUT2D eigenvalue weighted by Gasteiger charge is 2.61. The first-order chi connectivity index (χ1) is 29.1. The zero-order valence-corrected chi connectivity index (χ0v) is 33.7. The Kier molecular flexibility index (Phi) is 7.83. The third-order valence-corrected chi connectivity index (χ3v) is 14.8. The van der Waals surface area contributed by atoms with E-state index in [-0.39, 0.29) is 5.41 Å². The number of allylic oxidation sites excluding steroid dienone is 1. The van der Waals surface area contributed by atoms with Crippen molar-refractivity contribution in [1.29, 1.82) is 0 Å². The fourth-order valence-electron chi connectivity index (χ4n) is 12.8. The van der Waals surface area contributed by atoms with E-state index < -0.39 is 0 Å². The minimum Gasteiger partial charge on any atom is -0.310 e. The molecule has 4 saturated carbocycles. The number of fused-ring (bicyclic) bond motifs is 5. The van der Waals surface area contributed by atoms with Gasteiger partial charge in [-0.15, -0.1) is 0 Å². The van der Waals surface area contributed by atoms with E-state index in [2.05, 4.69) is 193 Å². The number of para-hydroxylation sites is 1. The maximum Gasteiger partial charge on any atom is 0.0542 e. The fraction of sp³-hybridized carbons (Fsp3) is 0.193. The summed E-state index contributed by atoms with van der Waals surface area (Å²) in [5.41, 5.74) is 16.9. The van der Waals surface area contributed by atoms with E-state index in [1.54, 1.807) is 11.1 Å². The number of anilines is 3. The summed E-state index contributed by atoms with van der Waals surface area (Å²) in [6.45, 7) is 6.40. The molecule has 0 atom stereocenters. The van der Waals surface area contributed by atoms with Crippen molar-refractivity contribution in [3.8, 4) is 27.9 Å². The van der Waals surface area contributed by atoms with Crippen molar-refractivity contribution in [3.05, 3.63) is 193 Å². The number of rotatable bonds is 7. The molecule has 1 aromatic heterocycles. The first kappa shape index (κ1) is 34.6. The molecule has 8 aromatic rings. The van der Waals surface area contributed by atoms with Crippen LogP contribution in [0.3, 0.4) is 0 Å². The SMILES string of the molecule is C=Cc1c(/C=C\C)n(-c2ccccc2)c2ccc(N(c3ccc(-c4ccc5c(c4)-c4ccccc4C54C5CC6CC(C5)CC4C6)cc3)c3cccc4ccccc34)cc12. The molecule has 59 heavy (non-hydrogen) atoms. The van der Waals surface area contributed by atoms with Crippen molar-refractivity contribution < 1.29 is 0 Å². The second-order valence-electron chi connectivity index (χ2n) is 17.7. The van der Waals surface area contributed by atoms with E-state index in [0.29, 0.717) is 0 Å². The van der Waals surface area contributed by atoms with Gasteiger partial charge in [0.15, 0.2) is 0 Å². The van der Waals surface area contributed by atoms with Gasteiger partial charge in [-0.1, -0.05) is 122 Å². The summed E-state index contributed by atoms with van der Waals surface area (Å²) in [6, 6.07) is 59.2. The fourth-order valence-corrected chi connectivity index (χ4v) is 12.8. The van der Waals surface area contributed by atoms with Crippen LogP contribution in [0.25, 0.3) is 61.8 Å². The Bertz CT molecular complexity index is 2950. The van der Waals surface area contributed by atoms with Crippen molar-refractivity contribution in [2.75, 3.05) is 4.90 Å². The third kappa shape index (κ3) is 5.05. The highest BCUT2D eigenvalue weighted by molar-refractivity contribution is 6.02. The number of hydrogen-bond donors (Lipinski definition) is 0. The molecule has 286 valence electrons. The topological polar surface area (TPSA) is 8.17 Å². The highest BCUT2D eigenvalue weighted by atomic mass is 15.1. The number of aromatic nitrogens is 1. The first-order valence-corrected chi connectivity index (χ1v) is 21.8. The Labute approximate surface area is 347 Å². The smallest absolute Gasteiger partial charge is 0.0542 e. The van der Waals surface area contributed by atoms with E-state index >= 15 is 0 Å². The molecule has 0 amide bonds. The average Bonchev–Trinajstić information content (AvgIpc) is 3.75. The molecule has 0 aliphatic heterocycles. The van der Waals surface area contributed by atoms with Gasteiger partial charge in [0.2, 0.25) is 0 Å². The molecular weight excluding hydrogens is 713 g/mol. The van der Waals surface area contributed by atoms with Crippen molar-refractivity contribution in [2.45, 2.75) is 44.4 Å². The van der Waals surface area contributed by atoms with Gasteiger partial charge in [0.1, 0.15) is 0 Å². The molecule has 5 aliphatic carbocycles. The maximum atomic E-state index is 4.32. The summed E-state index contributed by atoms with van der Waals surface area (Å²) in [6.07, 6.45) is 13.5. The minimum absolute atomic E-state index is 0.197. The number of hydrogen-bond acceptors (Lipinski definition) is 1. The molecule has 1 spiro atoms. The Morgan fingerprint density at radius 2 is 1.27 bits per heavy atom. The second kappa shape index (κ2) is 13.3. The van der Waals surface area contributed by atoms with Crippen LogP contribution in [0.15, 0.2) is 170 Å². The van der Waals surface area contributed by atoms with Gasteiger partial charge in [-0.3, -0.25) is 0 Å². The predicted molar refractivity (Wildman–Crippen MR) is 249 cm³/mol. The summed E-state index contributed by atoms with van der Waals surface area (Å²) in [7, 11) is 0. The van der Waals surface area contributed by atoms with Crippen LogP contribution in [0.5, 0.6) is 0 Å². The quantitative estimate of drug-likeness (QED) is 0.157. The predicted octanol–water partition coefficient (Wildman–Crippen LogP) is 15.3. The molecule has 7 aromatic carbocycles. The van der Waals surface area contributed by atoms with Crippen molar-refractivity contribution in [2.24, 2.45) is 23.7 Å². The lowest BCUT2D eigenvalue weighted by Gasteiger charge is -2.61. The van der Waals surface area contributed by atoms with Gasteiger partial charge in [0.25, 0.3) is 0 Å². The molecule has 1 heterocycles. The molecule has 5 aliphatic rings. The summed E-state index contributed by atoms with van der Waals surface area (Å²) in [5, 5.41) is 3.61. The van der Waals surface area contributed by atoms with E-state index in [9.17, 15) is 0 Å². The minimum atomic E-state index is 0.197. The molecule has 0 saturated heterocycles. The molecule has 4 bridgehead atoms. The summed E-state index contributed by atoms with van der Waals surface area (Å²) < 4.78 is 2.35. The normalized spacial score (nSPS) is 22.4. The van der Waals surface area contributed by atoms with Gasteiger partial charge in [0.05, 0.1) is 16.9 Å². The van der Waals surface area contributed by atoms with E-state index in [0.717, 1.165) is 63.2 Å². The lowest BCUT2D eigenvalue weighted by Crippen LogP contribution is -2.55. The Balaban J connectivity index is 0.985. The maximum absolute atomic E-state index is 4.32. The van der Waals surface area contributed by atoms with Crippen molar-refractivity contribution in [3.63, 3.8) is 0 Å². The first-order valence-electron chi connectivity index (χ1n) is 21.8. The molecule has 0 radical (unpaired) electrons. The van der Waals surface area contributed by atoms with Crippen LogP contribution >= 0.6 is 0 Å². The van der Waals surface area contributed by atoms with Gasteiger partial charge in [-0.25, -0.2) is 0 Å². The van der Waals surface area contributed by atoms with Gasteiger partial charge in [0, 0.05) is 38.8 Å². The van der Waals surface area contributed by atoms with Gasteiger partial charge >= 0.3 is 0 Å². The van der Waals surface area contributed by atoms with Crippen LogP contribution in [0.1, 0.15) is 61.4 Å². The summed E-state index contributed by atoms with van der Waals surface area (Å²) in [5.74, 6) is 3.45. The van der Waals surface area contributed by atoms with Gasteiger partial charge in [-0.05, 0) is 162 Å². The van der Waals surface area contributed by atoms with E-state index in [1.807, 2.05) is 6.08 Å². The molecule has 0 N–H and O–H groups in total. The van der Waals surface area contributed by atoms with Gasteiger partial charge in [-0.2, -0.15) is 0 Å². The van der Waals surface area contributed by atoms with Crippen LogP contribution < -0.4 is 4.90 Å². The molecule has 2 heteroatoms. The lowest BCUT2D eigenvalue weighted by molar-refractivity contribution is -0.0399. The Morgan fingerprint density at radius 1 is 0.593 bits per heavy atom. The molecule has 2 nitrogen and oxygen atoms in total. The second-order valence-corrected chi connectivity index (χ2v) is 17.7. The van der Waals surface area contributed by atoms with Crippen LogP contribution in [-0.4, -0.2) is 4.57 Å². The van der Waals surface area contributed by atoms with Crippen molar-refractivity contribution >= 4 is 50.9 Å². The molecule has 4 fully saturated rings. The zero-order chi connectivity index (χ0) is 39.2. The molecule has 13 rings (SSSR count). The van der Waals surface area contributed by atoms with Gasteiger partial charge < -0.3 is 9.47 Å². The monoisotopic (exact) mass is 760 g/mol. The summed E-state index contributed by atoms with van der Waals surface area (Å²) in [4.78, 5) is 2.43. The largest absolute Gasteiger partial charge is 0.310 e. The van der Waals surface area contributed by atoms with Crippen LogP contribution in [0.2, 0.25) is 0 Å². The standard InChI is InChI=1S/C57H48N2/c1-3-13-54-47(4-2)51-36-46(27-29-56(51)59(54)44-16-6-5-7-17-44)58(55-21-12-15-40-14-8-9-18-48(40)55)45-25-22-39(23-26-45)41-24-28-53-50(35-41)49-19-10-11-20-52(49)57(53)42-31-37-30-38(33-42)34-43(57)32-37/h3-29,35-38,42-43H,2,30-34H2,1H3/b13-3-. The molecular formula is C57H48N2. The summed E-state index contributed by atoms with van der Waals surface area (Å²) >= 11 is 0. The average molecular weight is 761 g/mol. The van der Waals surface area contributed by atoms with Crippen LogP contribution in [0, 0.1) is 23.7 Å². The number of benzene rings is 7.